The molecule has 0 N–H and O–H groups in total. The van der Waals surface area contributed by atoms with Gasteiger partial charge in [-0.05, 0) is 13.6 Å². The topological polar surface area (TPSA) is 24.7 Å². The highest BCUT2D eigenvalue weighted by Crippen LogP contribution is 1.97. The molecule has 0 heterocycles. The van der Waals surface area contributed by atoms with E-state index in [9.17, 15) is 0 Å². The van der Waals surface area contributed by atoms with Gasteiger partial charge in [0, 0.05) is 0 Å². The number of nitrogens with zero attached hydrogens (tertiary/aromatic N) is 2. The van der Waals surface area contributed by atoms with E-state index in [4.69, 9.17) is 0 Å². The zero-order chi connectivity index (χ0) is 6.57. The molecule has 0 bridgehead atoms. The molecule has 0 amide bonds. The summed E-state index contributed by atoms with van der Waals surface area (Å²) < 4.78 is 0. The Labute approximate surface area is 54.5 Å². The largest absolute Gasteiger partial charge is 0.249 e. The molecule has 0 saturated heterocycles. The second-order valence-corrected chi connectivity index (χ2v) is 1.75. The van der Waals surface area contributed by atoms with E-state index in [2.05, 4.69) is 35.9 Å². The van der Waals surface area contributed by atoms with E-state index in [1.807, 2.05) is 0 Å². The van der Waals surface area contributed by atoms with Crippen molar-refractivity contribution in [1.29, 1.82) is 0 Å². The highest BCUT2D eigenvalue weighted by Gasteiger charge is 1.80. The summed E-state index contributed by atoms with van der Waals surface area (Å²) in [6.45, 7) is 8.42. The molecule has 2 nitrogen and oxygen atoms in total. The Morgan fingerprint density at radius 1 is 1.62 bits per heavy atom. The number of thiol groups is 1. The van der Waals surface area contributed by atoms with Crippen molar-refractivity contribution in [2.45, 2.75) is 6.92 Å². The van der Waals surface area contributed by atoms with Gasteiger partial charge in [0.2, 0.25) is 0 Å². The molecule has 0 aliphatic carbocycles. The first-order valence-electron chi connectivity index (χ1n) is 2.06. The molecule has 0 fully saturated rings. The minimum absolute atomic E-state index is 0.454. The third-order valence-electron chi connectivity index (χ3n) is 0.520. The molecular weight excluding hydrogens is 120 g/mol. The molecule has 0 unspecified atom stereocenters. The van der Waals surface area contributed by atoms with Crippen LogP contribution in [0.3, 0.4) is 0 Å². The molecule has 0 aliphatic rings. The number of amidine groups is 1. The van der Waals surface area contributed by atoms with Crippen LogP contribution in [0.1, 0.15) is 6.92 Å². The van der Waals surface area contributed by atoms with Crippen LogP contribution in [-0.2, 0) is 0 Å². The van der Waals surface area contributed by atoms with Gasteiger partial charge in [0.05, 0.1) is 5.03 Å². The van der Waals surface area contributed by atoms with Gasteiger partial charge in [-0.15, -0.1) is 12.6 Å². The fraction of sp³-hybridized carbons (Fsp3) is 0.200. The molecule has 44 valence electrons. The molecule has 0 aromatic rings. The van der Waals surface area contributed by atoms with Crippen LogP contribution >= 0.6 is 12.6 Å². The Morgan fingerprint density at radius 2 is 2.12 bits per heavy atom. The lowest BCUT2D eigenvalue weighted by molar-refractivity contribution is 1.46. The molecule has 0 radical (unpaired) electrons. The van der Waals surface area contributed by atoms with E-state index in [1.54, 1.807) is 6.92 Å². The summed E-state index contributed by atoms with van der Waals surface area (Å²) in [7, 11) is 0. The second-order valence-electron chi connectivity index (χ2n) is 1.23. The van der Waals surface area contributed by atoms with Crippen LogP contribution < -0.4 is 0 Å². The summed E-state index contributed by atoms with van der Waals surface area (Å²) >= 11 is 3.82. The molecule has 0 aromatic carbocycles. The van der Waals surface area contributed by atoms with Crippen molar-refractivity contribution >= 4 is 25.2 Å². The maximum absolute atomic E-state index is 3.82. The average molecular weight is 128 g/mol. The van der Waals surface area contributed by atoms with E-state index >= 15 is 0 Å². The summed E-state index contributed by atoms with van der Waals surface area (Å²) in [5, 5.41) is 0.454. The normalized spacial score (nSPS) is 11.0. The lowest BCUT2D eigenvalue weighted by Crippen LogP contribution is -1.80. The Morgan fingerprint density at radius 3 is 2.25 bits per heavy atom. The summed E-state index contributed by atoms with van der Waals surface area (Å²) in [5.41, 5.74) is 0. The molecule has 3 heteroatoms. The quantitative estimate of drug-likeness (QED) is 0.314. The van der Waals surface area contributed by atoms with Crippen molar-refractivity contribution < 1.29 is 0 Å². The minimum atomic E-state index is 0.454. The lowest BCUT2D eigenvalue weighted by atomic mass is 10.7. The van der Waals surface area contributed by atoms with Crippen molar-refractivity contribution in [3.63, 3.8) is 0 Å². The van der Waals surface area contributed by atoms with Crippen LogP contribution in [0.25, 0.3) is 0 Å². The zero-order valence-electron chi connectivity index (χ0n) is 4.76. The Kier molecular flexibility index (Phi) is 3.19. The molecule has 0 rings (SSSR count). The maximum Gasteiger partial charge on any atom is 0.125 e. The van der Waals surface area contributed by atoms with Crippen LogP contribution in [0, 0.1) is 0 Å². The third-order valence-corrected chi connectivity index (χ3v) is 0.620. The molecular formula is C5H8N2S. The fourth-order valence-corrected chi connectivity index (χ4v) is 0.367. The van der Waals surface area contributed by atoms with Gasteiger partial charge < -0.3 is 0 Å². The lowest BCUT2D eigenvalue weighted by Gasteiger charge is -1.86. The smallest absolute Gasteiger partial charge is 0.125 e. The van der Waals surface area contributed by atoms with Gasteiger partial charge in [-0.3, -0.25) is 0 Å². The summed E-state index contributed by atoms with van der Waals surface area (Å²) in [6.07, 6.45) is 0. The second kappa shape index (κ2) is 3.43. The molecule has 8 heavy (non-hydrogen) atoms. The van der Waals surface area contributed by atoms with Crippen LogP contribution in [0.5, 0.6) is 0 Å². The average Bonchev–Trinajstić information content (AvgIpc) is 1.65. The molecule has 0 atom stereocenters. The van der Waals surface area contributed by atoms with E-state index in [0.29, 0.717) is 10.9 Å². The van der Waals surface area contributed by atoms with Gasteiger partial charge in [-0.1, -0.05) is 6.58 Å². The zero-order valence-corrected chi connectivity index (χ0v) is 5.65. The summed E-state index contributed by atoms with van der Waals surface area (Å²) in [6, 6.07) is 0. The van der Waals surface area contributed by atoms with Crippen LogP contribution in [-0.4, -0.2) is 12.6 Å². The highest BCUT2D eigenvalue weighted by molar-refractivity contribution is 7.84. The summed E-state index contributed by atoms with van der Waals surface area (Å²) in [4.78, 5) is 7.27. The van der Waals surface area contributed by atoms with Crippen LogP contribution in [0.4, 0.5) is 0 Å². The predicted octanol–water partition coefficient (Wildman–Crippen LogP) is 1.51. The van der Waals surface area contributed by atoms with Gasteiger partial charge in [-0.25, -0.2) is 9.98 Å². The standard InChI is InChI=1S/C5H8N2S/c1-4(6-3)7-5(2)8/h8H,2-3H2,1H3/b7-4-. The maximum atomic E-state index is 3.82. The van der Waals surface area contributed by atoms with Gasteiger partial charge in [0.1, 0.15) is 5.84 Å². The number of hydrogen-bond acceptors (Lipinski definition) is 2. The molecule has 0 aliphatic heterocycles. The minimum Gasteiger partial charge on any atom is -0.249 e. The first-order chi connectivity index (χ1) is 3.66. The van der Waals surface area contributed by atoms with Crippen LogP contribution in [0.15, 0.2) is 21.6 Å². The van der Waals surface area contributed by atoms with Crippen LogP contribution in [0.2, 0.25) is 0 Å². The fourth-order valence-electron chi connectivity index (χ4n) is 0.222. The number of rotatable bonds is 1. The van der Waals surface area contributed by atoms with E-state index in [0.717, 1.165) is 0 Å². The van der Waals surface area contributed by atoms with Crippen molar-refractivity contribution in [1.82, 2.24) is 0 Å². The van der Waals surface area contributed by atoms with E-state index < -0.39 is 0 Å². The number of aliphatic imine (C=N–C) groups is 2. The van der Waals surface area contributed by atoms with Gasteiger partial charge in [-0.2, -0.15) is 0 Å². The van der Waals surface area contributed by atoms with Gasteiger partial charge in [0.15, 0.2) is 0 Å². The van der Waals surface area contributed by atoms with E-state index in [1.165, 1.54) is 0 Å². The number of hydrogen-bond donors (Lipinski definition) is 1. The Balaban J connectivity index is 3.94. The summed E-state index contributed by atoms with van der Waals surface area (Å²) in [5.74, 6) is 0.588. The van der Waals surface area contributed by atoms with Gasteiger partial charge in [0.25, 0.3) is 0 Å². The molecule has 0 aromatic heterocycles. The predicted molar refractivity (Wildman–Crippen MR) is 40.8 cm³/mol. The first kappa shape index (κ1) is 7.43. The molecule has 0 saturated carbocycles. The van der Waals surface area contributed by atoms with Crippen molar-refractivity contribution in [2.24, 2.45) is 9.98 Å². The Hall–Kier alpha value is -0.570. The van der Waals surface area contributed by atoms with E-state index in [-0.39, 0.29) is 0 Å². The Bertz CT molecular complexity index is 137. The van der Waals surface area contributed by atoms with Crippen molar-refractivity contribution in [3.8, 4) is 0 Å². The SMILES string of the molecule is C=N/C(C)=N\C(=C)S. The van der Waals surface area contributed by atoms with Crippen molar-refractivity contribution in [3.05, 3.63) is 11.6 Å². The van der Waals surface area contributed by atoms with Crippen molar-refractivity contribution in [2.75, 3.05) is 0 Å². The first-order valence-corrected chi connectivity index (χ1v) is 2.51. The monoisotopic (exact) mass is 128 g/mol. The molecule has 0 spiro atoms. The third kappa shape index (κ3) is 3.61. The highest BCUT2D eigenvalue weighted by atomic mass is 32.1. The van der Waals surface area contributed by atoms with Gasteiger partial charge >= 0.3 is 0 Å².